The van der Waals surface area contributed by atoms with Crippen LogP contribution in [0.4, 0.5) is 0 Å². The van der Waals surface area contributed by atoms with Gasteiger partial charge in [0.25, 0.3) is 0 Å². The number of rotatable bonds is 6. The molecule has 1 unspecified atom stereocenters. The summed E-state index contributed by atoms with van der Waals surface area (Å²) in [7, 11) is 0. The summed E-state index contributed by atoms with van der Waals surface area (Å²) in [5.41, 5.74) is -1.36. The minimum absolute atomic E-state index is 0.0412. The van der Waals surface area contributed by atoms with Gasteiger partial charge in [0.1, 0.15) is 5.60 Å². The van der Waals surface area contributed by atoms with Crippen LogP contribution in [-0.4, -0.2) is 46.1 Å². The first-order valence-corrected chi connectivity index (χ1v) is 13.9. The van der Waals surface area contributed by atoms with E-state index in [1.807, 2.05) is 13.0 Å². The topological polar surface area (TPSA) is 101 Å². The number of aliphatic hydroxyl groups excluding tert-OH is 1. The van der Waals surface area contributed by atoms with Crippen LogP contribution in [0.3, 0.4) is 0 Å². The van der Waals surface area contributed by atoms with Gasteiger partial charge in [-0.1, -0.05) is 45.1 Å². The Hall–Kier alpha value is -1.53. The van der Waals surface area contributed by atoms with Gasteiger partial charge in [0.2, 0.25) is 5.78 Å². The predicted octanol–water partition coefficient (Wildman–Crippen LogP) is 4.30. The lowest BCUT2D eigenvalue weighted by Gasteiger charge is -2.60. The van der Waals surface area contributed by atoms with Gasteiger partial charge in [-0.3, -0.25) is 14.4 Å². The fourth-order valence-corrected chi connectivity index (χ4v) is 9.11. The van der Waals surface area contributed by atoms with Crippen molar-refractivity contribution in [3.05, 3.63) is 11.6 Å². The van der Waals surface area contributed by atoms with E-state index in [0.717, 1.165) is 32.1 Å². The van der Waals surface area contributed by atoms with Gasteiger partial charge in [-0.25, -0.2) is 0 Å². The number of ether oxygens (including phenoxy) is 1. The molecule has 6 heteroatoms. The lowest BCUT2D eigenvalue weighted by molar-refractivity contribution is -0.184. The van der Waals surface area contributed by atoms with E-state index in [-0.39, 0.29) is 41.5 Å². The zero-order valence-electron chi connectivity index (χ0n) is 21.4. The molecule has 6 nitrogen and oxygen atoms in total. The highest BCUT2D eigenvalue weighted by molar-refractivity contribution is 5.92. The summed E-state index contributed by atoms with van der Waals surface area (Å²) >= 11 is 0. The zero-order valence-corrected chi connectivity index (χ0v) is 21.4. The second-order valence-electron chi connectivity index (χ2n) is 12.7. The summed E-state index contributed by atoms with van der Waals surface area (Å²) in [5, 5.41) is 23.2. The van der Waals surface area contributed by atoms with Crippen LogP contribution in [0.5, 0.6) is 0 Å². The van der Waals surface area contributed by atoms with Crippen LogP contribution in [0.15, 0.2) is 11.6 Å². The normalized spacial score (nSPS) is 43.2. The number of Topliss-reactive ketones (excluding diaryl/α,β-unsaturated/α-hetero) is 1. The van der Waals surface area contributed by atoms with E-state index in [2.05, 4.69) is 6.92 Å². The van der Waals surface area contributed by atoms with Crippen LogP contribution in [0, 0.1) is 34.5 Å². The van der Waals surface area contributed by atoms with Gasteiger partial charge >= 0.3 is 5.97 Å². The van der Waals surface area contributed by atoms with Crippen LogP contribution < -0.4 is 0 Å². The van der Waals surface area contributed by atoms with Crippen LogP contribution in [0.1, 0.15) is 97.3 Å². The molecule has 7 atom stereocenters. The Bertz CT molecular complexity index is 918. The van der Waals surface area contributed by atoms with Gasteiger partial charge in [-0.2, -0.15) is 0 Å². The van der Waals surface area contributed by atoms with Crippen molar-refractivity contribution in [2.45, 2.75) is 109 Å². The SMILES string of the molecule is C[C@]12CCC(=O)C=C1CCC1[C@@H]2[C@@H](O)C[C@@]2(C)[C@H]1CC[C@]2(O)C(=O)COC(=O)CCC1CCCC1. The number of esters is 1. The van der Waals surface area contributed by atoms with Crippen LogP contribution in [-0.2, 0) is 19.1 Å². The molecule has 0 aliphatic heterocycles. The highest BCUT2D eigenvalue weighted by atomic mass is 16.5. The number of ketones is 2. The molecule has 0 aromatic rings. The summed E-state index contributed by atoms with van der Waals surface area (Å²) in [6.45, 7) is 3.77. The van der Waals surface area contributed by atoms with Gasteiger partial charge in [0, 0.05) is 18.3 Å². The molecule has 0 saturated heterocycles. The van der Waals surface area contributed by atoms with Crippen molar-refractivity contribution in [2.24, 2.45) is 34.5 Å². The summed E-state index contributed by atoms with van der Waals surface area (Å²) < 4.78 is 5.35. The van der Waals surface area contributed by atoms with Crippen LogP contribution in [0.25, 0.3) is 0 Å². The van der Waals surface area contributed by atoms with Crippen molar-refractivity contribution in [1.82, 2.24) is 0 Å². The van der Waals surface area contributed by atoms with Crippen LogP contribution >= 0.6 is 0 Å². The Labute approximate surface area is 208 Å². The molecule has 4 saturated carbocycles. The number of hydrogen-bond donors (Lipinski definition) is 2. The van der Waals surface area contributed by atoms with Crippen molar-refractivity contribution in [3.8, 4) is 0 Å². The predicted molar refractivity (Wildman–Crippen MR) is 130 cm³/mol. The molecule has 2 N–H and O–H groups in total. The lowest BCUT2D eigenvalue weighted by Crippen LogP contribution is -2.62. The fraction of sp³-hybridized carbons (Fsp3) is 0.828. The third-order valence-corrected chi connectivity index (χ3v) is 11.1. The molecule has 0 heterocycles. The summed E-state index contributed by atoms with van der Waals surface area (Å²) in [6.07, 6.45) is 11.5. The third-order valence-electron chi connectivity index (χ3n) is 11.1. The Morgan fingerprint density at radius 2 is 1.83 bits per heavy atom. The van der Waals surface area contributed by atoms with E-state index in [1.54, 1.807) is 0 Å². The number of carbonyl (C=O) groups excluding carboxylic acids is 3. The first-order chi connectivity index (χ1) is 16.6. The molecule has 0 aromatic carbocycles. The number of aliphatic hydroxyl groups is 2. The molecule has 194 valence electrons. The molecule has 0 radical (unpaired) electrons. The summed E-state index contributed by atoms with van der Waals surface area (Å²) in [4.78, 5) is 37.7. The van der Waals surface area contributed by atoms with Gasteiger partial charge in [0.05, 0.1) is 6.10 Å². The van der Waals surface area contributed by atoms with Crippen molar-refractivity contribution < 1.29 is 29.3 Å². The van der Waals surface area contributed by atoms with E-state index in [4.69, 9.17) is 4.74 Å². The molecule has 5 aliphatic carbocycles. The Morgan fingerprint density at radius 1 is 1.09 bits per heavy atom. The van der Waals surface area contributed by atoms with Gasteiger partial charge in [-0.15, -0.1) is 0 Å². The molecule has 35 heavy (non-hydrogen) atoms. The van der Waals surface area contributed by atoms with Crippen molar-refractivity contribution in [3.63, 3.8) is 0 Å². The minimum atomic E-state index is -1.59. The number of carbonyl (C=O) groups is 3. The maximum atomic E-state index is 13.3. The average Bonchev–Trinajstić information content (AvgIpc) is 3.43. The monoisotopic (exact) mass is 486 g/mol. The lowest BCUT2D eigenvalue weighted by atomic mass is 9.45. The number of fused-ring (bicyclic) bond motifs is 5. The standard InChI is InChI=1S/C29H42O6/c1-27-13-11-20(30)15-19(27)8-9-21-22-12-14-29(34,28(22,2)16-23(31)26(21)27)24(32)17-35-25(33)10-7-18-5-3-4-6-18/h15,18,21-23,26,31,34H,3-14,16-17H2,1-2H3/t21?,22-,23-,26+,27-,28-,29-/m0/s1. The van der Waals surface area contributed by atoms with E-state index in [1.165, 1.54) is 31.3 Å². The zero-order chi connectivity index (χ0) is 25.0. The van der Waals surface area contributed by atoms with Crippen LogP contribution in [0.2, 0.25) is 0 Å². The van der Waals surface area contributed by atoms with Crippen molar-refractivity contribution in [2.75, 3.05) is 6.61 Å². The Balaban J connectivity index is 1.28. The van der Waals surface area contributed by atoms with Gasteiger partial charge in [0.15, 0.2) is 12.4 Å². The molecule has 0 amide bonds. The van der Waals surface area contributed by atoms with Crippen molar-refractivity contribution >= 4 is 17.5 Å². The van der Waals surface area contributed by atoms with Gasteiger partial charge < -0.3 is 14.9 Å². The number of hydrogen-bond acceptors (Lipinski definition) is 6. The molecule has 0 aromatic heterocycles. The van der Waals surface area contributed by atoms with E-state index < -0.39 is 22.9 Å². The maximum Gasteiger partial charge on any atom is 0.306 e. The molecule has 4 fully saturated rings. The highest BCUT2D eigenvalue weighted by Crippen LogP contribution is 2.67. The second-order valence-corrected chi connectivity index (χ2v) is 12.7. The molecule has 0 spiro atoms. The second kappa shape index (κ2) is 9.09. The minimum Gasteiger partial charge on any atom is -0.458 e. The van der Waals surface area contributed by atoms with Crippen molar-refractivity contribution in [1.29, 1.82) is 0 Å². The molecular formula is C29H42O6. The van der Waals surface area contributed by atoms with E-state index in [9.17, 15) is 24.6 Å². The summed E-state index contributed by atoms with van der Waals surface area (Å²) in [6, 6.07) is 0. The third kappa shape index (κ3) is 4.03. The highest BCUT2D eigenvalue weighted by Gasteiger charge is 2.68. The Morgan fingerprint density at radius 3 is 2.57 bits per heavy atom. The number of allylic oxidation sites excluding steroid dienone is 1. The van der Waals surface area contributed by atoms with E-state index in [0.29, 0.717) is 31.6 Å². The molecule has 5 aliphatic rings. The average molecular weight is 487 g/mol. The smallest absolute Gasteiger partial charge is 0.306 e. The maximum absolute atomic E-state index is 13.3. The quantitative estimate of drug-likeness (QED) is 0.543. The first-order valence-electron chi connectivity index (χ1n) is 13.9. The molecule has 5 rings (SSSR count). The molecule has 0 bridgehead atoms. The fourth-order valence-electron chi connectivity index (χ4n) is 9.11. The largest absolute Gasteiger partial charge is 0.458 e. The Kier molecular flexibility index (Phi) is 6.53. The molecular weight excluding hydrogens is 444 g/mol. The van der Waals surface area contributed by atoms with E-state index >= 15 is 0 Å². The van der Waals surface area contributed by atoms with Gasteiger partial charge in [-0.05, 0) is 80.1 Å². The first kappa shape index (κ1) is 25.1. The summed E-state index contributed by atoms with van der Waals surface area (Å²) in [5.74, 6) is 0.360.